The van der Waals surface area contributed by atoms with E-state index < -0.39 is 0 Å². The van der Waals surface area contributed by atoms with Gasteiger partial charge in [0.05, 0.1) is 4.47 Å². The van der Waals surface area contributed by atoms with Crippen LogP contribution in [0.15, 0.2) is 22.7 Å². The molecule has 0 saturated carbocycles. The summed E-state index contributed by atoms with van der Waals surface area (Å²) in [5, 5.41) is 3.47. The Morgan fingerprint density at radius 1 is 1.40 bits per heavy atom. The number of rotatable bonds is 2. The van der Waals surface area contributed by atoms with Crippen LogP contribution in [0.2, 0.25) is 0 Å². The molecule has 0 aromatic heterocycles. The highest BCUT2D eigenvalue weighted by Gasteiger charge is 2.15. The van der Waals surface area contributed by atoms with Crippen LogP contribution in [0, 0.1) is 5.82 Å². The Hall–Kier alpha value is -0.410. The van der Waals surface area contributed by atoms with Crippen LogP contribution in [0.4, 0.5) is 4.39 Å². The van der Waals surface area contributed by atoms with E-state index in [9.17, 15) is 4.39 Å². The van der Waals surface area contributed by atoms with Crippen molar-refractivity contribution in [3.05, 3.63) is 34.1 Å². The normalized spacial score (nSPS) is 21.6. The third-order valence-corrected chi connectivity index (χ3v) is 3.80. The summed E-state index contributed by atoms with van der Waals surface area (Å²) in [6.07, 6.45) is 4.66. The van der Waals surface area contributed by atoms with Gasteiger partial charge in [-0.3, -0.25) is 0 Å². The minimum atomic E-state index is -0.164. The molecule has 0 amide bonds. The Balaban J connectivity index is 2.06. The van der Waals surface area contributed by atoms with Gasteiger partial charge in [-0.25, -0.2) is 4.39 Å². The van der Waals surface area contributed by atoms with Gasteiger partial charge in [0.1, 0.15) is 5.82 Å². The van der Waals surface area contributed by atoms with Crippen LogP contribution in [-0.2, 0) is 6.42 Å². The van der Waals surface area contributed by atoms with Crippen LogP contribution < -0.4 is 5.32 Å². The summed E-state index contributed by atoms with van der Waals surface area (Å²) in [7, 11) is 0. The summed E-state index contributed by atoms with van der Waals surface area (Å²) >= 11 is 3.30. The van der Waals surface area contributed by atoms with Crippen LogP contribution >= 0.6 is 15.9 Å². The minimum absolute atomic E-state index is 0.164. The third-order valence-electron chi connectivity index (χ3n) is 2.91. The maximum atomic E-state index is 13.3. The van der Waals surface area contributed by atoms with Gasteiger partial charge >= 0.3 is 0 Å². The predicted molar refractivity (Wildman–Crippen MR) is 63.4 cm³/mol. The van der Waals surface area contributed by atoms with Gasteiger partial charge < -0.3 is 5.32 Å². The molecule has 0 aliphatic carbocycles. The Bertz CT molecular complexity index is 334. The van der Waals surface area contributed by atoms with E-state index in [0.29, 0.717) is 10.5 Å². The first-order valence-electron chi connectivity index (χ1n) is 5.43. The largest absolute Gasteiger partial charge is 0.314 e. The van der Waals surface area contributed by atoms with Gasteiger partial charge in [0.15, 0.2) is 0 Å². The first kappa shape index (κ1) is 11.1. The highest BCUT2D eigenvalue weighted by atomic mass is 79.9. The van der Waals surface area contributed by atoms with E-state index in [1.807, 2.05) is 6.07 Å². The van der Waals surface area contributed by atoms with Gasteiger partial charge in [0, 0.05) is 6.04 Å². The molecule has 1 aromatic rings. The van der Waals surface area contributed by atoms with Crippen molar-refractivity contribution in [1.29, 1.82) is 0 Å². The number of benzene rings is 1. The Kier molecular flexibility index (Phi) is 3.76. The molecule has 1 aliphatic heterocycles. The molecule has 1 N–H and O–H groups in total. The summed E-state index contributed by atoms with van der Waals surface area (Å²) < 4.78 is 13.9. The molecule has 3 heteroatoms. The molecule has 82 valence electrons. The molecular formula is C12H15BrFN. The SMILES string of the molecule is Fc1cccc(CC2CCCCN2)c1Br. The zero-order chi connectivity index (χ0) is 10.7. The van der Waals surface area contributed by atoms with Gasteiger partial charge in [-0.1, -0.05) is 18.6 Å². The minimum Gasteiger partial charge on any atom is -0.314 e. The highest BCUT2D eigenvalue weighted by Crippen LogP contribution is 2.23. The fourth-order valence-corrected chi connectivity index (χ4v) is 2.50. The summed E-state index contributed by atoms with van der Waals surface area (Å²) in [5.41, 5.74) is 1.06. The van der Waals surface area contributed by atoms with Gasteiger partial charge in [0.2, 0.25) is 0 Å². The Labute approximate surface area is 98.2 Å². The molecule has 1 fully saturated rings. The van der Waals surface area contributed by atoms with E-state index in [4.69, 9.17) is 0 Å². The Morgan fingerprint density at radius 2 is 2.27 bits per heavy atom. The quantitative estimate of drug-likeness (QED) is 0.871. The first-order valence-corrected chi connectivity index (χ1v) is 6.23. The lowest BCUT2D eigenvalue weighted by Crippen LogP contribution is -2.35. The van der Waals surface area contributed by atoms with Crippen molar-refractivity contribution in [3.63, 3.8) is 0 Å². The second kappa shape index (κ2) is 5.08. The Morgan fingerprint density at radius 3 is 3.00 bits per heavy atom. The van der Waals surface area contributed by atoms with Gasteiger partial charge in [-0.05, 0) is 53.4 Å². The molecule has 1 aromatic carbocycles. The number of hydrogen-bond donors (Lipinski definition) is 1. The lowest BCUT2D eigenvalue weighted by Gasteiger charge is -2.23. The average Bonchev–Trinajstić information content (AvgIpc) is 2.26. The molecule has 1 saturated heterocycles. The summed E-state index contributed by atoms with van der Waals surface area (Å²) in [5.74, 6) is -0.164. The van der Waals surface area contributed by atoms with E-state index in [0.717, 1.165) is 18.5 Å². The smallest absolute Gasteiger partial charge is 0.137 e. The monoisotopic (exact) mass is 271 g/mol. The lowest BCUT2D eigenvalue weighted by atomic mass is 9.98. The van der Waals surface area contributed by atoms with Crippen LogP contribution in [-0.4, -0.2) is 12.6 Å². The highest BCUT2D eigenvalue weighted by molar-refractivity contribution is 9.10. The maximum absolute atomic E-state index is 13.3. The number of piperidine rings is 1. The molecule has 1 heterocycles. The number of halogens is 2. The molecule has 0 spiro atoms. The number of nitrogens with one attached hydrogen (secondary N) is 1. The average molecular weight is 272 g/mol. The molecule has 15 heavy (non-hydrogen) atoms. The molecule has 1 atom stereocenters. The van der Waals surface area contributed by atoms with Crippen molar-refractivity contribution < 1.29 is 4.39 Å². The van der Waals surface area contributed by atoms with Crippen molar-refractivity contribution >= 4 is 15.9 Å². The molecule has 0 radical (unpaired) electrons. The molecular weight excluding hydrogens is 257 g/mol. The van der Waals surface area contributed by atoms with Crippen LogP contribution in [0.1, 0.15) is 24.8 Å². The maximum Gasteiger partial charge on any atom is 0.137 e. The summed E-state index contributed by atoms with van der Waals surface area (Å²) in [6.45, 7) is 1.09. The van der Waals surface area contributed by atoms with Crippen molar-refractivity contribution in [2.75, 3.05) is 6.54 Å². The van der Waals surface area contributed by atoms with Crippen LogP contribution in [0.5, 0.6) is 0 Å². The molecule has 1 nitrogen and oxygen atoms in total. The van der Waals surface area contributed by atoms with Crippen molar-refractivity contribution in [2.24, 2.45) is 0 Å². The van der Waals surface area contributed by atoms with E-state index in [1.165, 1.54) is 25.3 Å². The van der Waals surface area contributed by atoms with E-state index in [-0.39, 0.29) is 5.82 Å². The zero-order valence-electron chi connectivity index (χ0n) is 8.60. The lowest BCUT2D eigenvalue weighted by molar-refractivity contribution is 0.398. The summed E-state index contributed by atoms with van der Waals surface area (Å²) in [4.78, 5) is 0. The summed E-state index contributed by atoms with van der Waals surface area (Å²) in [6, 6.07) is 5.76. The van der Waals surface area contributed by atoms with E-state index >= 15 is 0 Å². The standard InChI is InChI=1S/C12H15BrFN/c13-12-9(4-3-6-11(12)14)8-10-5-1-2-7-15-10/h3-4,6,10,15H,1-2,5,7-8H2. The van der Waals surface area contributed by atoms with Crippen LogP contribution in [0.25, 0.3) is 0 Å². The van der Waals surface area contributed by atoms with E-state index in [2.05, 4.69) is 21.2 Å². The van der Waals surface area contributed by atoms with Gasteiger partial charge in [-0.2, -0.15) is 0 Å². The fraction of sp³-hybridized carbons (Fsp3) is 0.500. The molecule has 0 bridgehead atoms. The molecule has 1 aliphatic rings. The predicted octanol–water partition coefficient (Wildman–Crippen LogP) is 3.27. The van der Waals surface area contributed by atoms with Gasteiger partial charge in [-0.15, -0.1) is 0 Å². The van der Waals surface area contributed by atoms with Gasteiger partial charge in [0.25, 0.3) is 0 Å². The van der Waals surface area contributed by atoms with Crippen molar-refractivity contribution in [1.82, 2.24) is 5.32 Å². The van der Waals surface area contributed by atoms with Crippen molar-refractivity contribution in [3.8, 4) is 0 Å². The second-order valence-electron chi connectivity index (χ2n) is 4.06. The number of hydrogen-bond acceptors (Lipinski definition) is 1. The second-order valence-corrected chi connectivity index (χ2v) is 4.86. The third kappa shape index (κ3) is 2.79. The van der Waals surface area contributed by atoms with E-state index in [1.54, 1.807) is 6.07 Å². The first-order chi connectivity index (χ1) is 7.27. The fourth-order valence-electron chi connectivity index (χ4n) is 2.07. The van der Waals surface area contributed by atoms with Crippen LogP contribution in [0.3, 0.4) is 0 Å². The van der Waals surface area contributed by atoms with Crippen molar-refractivity contribution in [2.45, 2.75) is 31.7 Å². The molecule has 2 rings (SSSR count). The zero-order valence-corrected chi connectivity index (χ0v) is 10.2. The topological polar surface area (TPSA) is 12.0 Å². The molecule has 1 unspecified atom stereocenters.